The van der Waals surface area contributed by atoms with Crippen molar-refractivity contribution >= 4 is 21.5 Å². The second kappa shape index (κ2) is 7.60. The van der Waals surface area contributed by atoms with Crippen molar-refractivity contribution in [2.75, 3.05) is 18.1 Å². The Morgan fingerprint density at radius 1 is 1.29 bits per heavy atom. The van der Waals surface area contributed by atoms with Gasteiger partial charge in [0, 0.05) is 6.04 Å². The summed E-state index contributed by atoms with van der Waals surface area (Å²) < 4.78 is 25.2. The molecular weight excluding hydrogens is 378 g/mol. The Hall–Kier alpha value is -2.92. The molecule has 0 radical (unpaired) electrons. The van der Waals surface area contributed by atoms with Crippen molar-refractivity contribution in [3.8, 4) is 18.0 Å². The number of Topliss-reactive ketones (excluding diaryl/α,β-unsaturated/α-hetero) is 1. The summed E-state index contributed by atoms with van der Waals surface area (Å²) >= 11 is 0. The van der Waals surface area contributed by atoms with Crippen molar-refractivity contribution < 1.29 is 18.0 Å². The summed E-state index contributed by atoms with van der Waals surface area (Å²) in [5.41, 5.74) is 1.97. The first kappa shape index (κ1) is 19.8. The molecule has 28 heavy (non-hydrogen) atoms. The summed E-state index contributed by atoms with van der Waals surface area (Å²) in [6.45, 7) is 3.27. The van der Waals surface area contributed by atoms with E-state index in [1.807, 2.05) is 30.3 Å². The molecule has 2 aromatic rings. The third-order valence-electron chi connectivity index (χ3n) is 4.89. The molecule has 0 spiro atoms. The molecule has 0 N–H and O–H groups in total. The number of rotatable bonds is 5. The quantitative estimate of drug-likeness (QED) is 0.430. The SMILES string of the molecule is C#CCN(C(=O)C(=O)c1c(C)nn(-c2ccccc2)c1C)[C@@H]1CCS(=O)(=O)C1. The first-order chi connectivity index (χ1) is 13.2. The number of aryl methyl sites for hydroxylation is 1. The van der Waals surface area contributed by atoms with Crippen LogP contribution in [0.1, 0.15) is 28.2 Å². The van der Waals surface area contributed by atoms with Gasteiger partial charge in [-0.25, -0.2) is 13.1 Å². The van der Waals surface area contributed by atoms with Crippen LogP contribution in [0.3, 0.4) is 0 Å². The van der Waals surface area contributed by atoms with Crippen LogP contribution in [-0.2, 0) is 14.6 Å². The standard InChI is InChI=1S/C20H21N3O4S/c1-4-11-22(17-10-12-28(26,27)13-17)20(25)19(24)18-14(2)21-23(15(18)3)16-8-6-5-7-9-16/h1,5-9,17H,10-13H2,2-3H3/t17-/m1/s1. The summed E-state index contributed by atoms with van der Waals surface area (Å²) in [7, 11) is -3.22. The molecule has 1 aromatic heterocycles. The zero-order valence-corrected chi connectivity index (χ0v) is 16.6. The molecular formula is C20H21N3O4S. The lowest BCUT2D eigenvalue weighted by Crippen LogP contribution is -2.45. The average molecular weight is 399 g/mol. The summed E-state index contributed by atoms with van der Waals surface area (Å²) in [4.78, 5) is 27.1. The molecule has 0 aliphatic carbocycles. The molecule has 0 saturated carbocycles. The highest BCUT2D eigenvalue weighted by molar-refractivity contribution is 7.91. The summed E-state index contributed by atoms with van der Waals surface area (Å²) in [6, 6.07) is 8.70. The number of hydrogen-bond acceptors (Lipinski definition) is 5. The fourth-order valence-corrected chi connectivity index (χ4v) is 5.25. The van der Waals surface area contributed by atoms with Crippen LogP contribution >= 0.6 is 0 Å². The van der Waals surface area contributed by atoms with E-state index in [1.165, 1.54) is 4.90 Å². The van der Waals surface area contributed by atoms with Gasteiger partial charge < -0.3 is 4.90 Å². The van der Waals surface area contributed by atoms with Crippen LogP contribution in [0.5, 0.6) is 0 Å². The number of amides is 1. The Balaban J connectivity index is 1.93. The highest BCUT2D eigenvalue weighted by Gasteiger charge is 2.37. The van der Waals surface area contributed by atoms with Crippen LogP contribution < -0.4 is 0 Å². The zero-order chi connectivity index (χ0) is 20.5. The Labute approximate surface area is 164 Å². The average Bonchev–Trinajstić information content (AvgIpc) is 3.17. The number of benzene rings is 1. The molecule has 1 fully saturated rings. The van der Waals surface area contributed by atoms with Gasteiger partial charge in [-0.05, 0) is 32.4 Å². The number of hydrogen-bond donors (Lipinski definition) is 0. The molecule has 0 bridgehead atoms. The van der Waals surface area contributed by atoms with Crippen LogP contribution in [0.4, 0.5) is 0 Å². The van der Waals surface area contributed by atoms with E-state index in [-0.39, 0.29) is 30.0 Å². The van der Waals surface area contributed by atoms with Gasteiger partial charge in [-0.3, -0.25) is 9.59 Å². The van der Waals surface area contributed by atoms with Crippen molar-refractivity contribution in [1.82, 2.24) is 14.7 Å². The van der Waals surface area contributed by atoms with Crippen LogP contribution in [0.15, 0.2) is 30.3 Å². The minimum atomic E-state index is -3.22. The molecule has 1 saturated heterocycles. The van der Waals surface area contributed by atoms with Crippen LogP contribution in [0, 0.1) is 26.2 Å². The van der Waals surface area contributed by atoms with Gasteiger partial charge in [0.25, 0.3) is 11.7 Å². The molecule has 2 heterocycles. The van der Waals surface area contributed by atoms with Crippen LogP contribution in [-0.4, -0.2) is 58.9 Å². The first-order valence-electron chi connectivity index (χ1n) is 8.86. The van der Waals surface area contributed by atoms with Gasteiger partial charge in [-0.15, -0.1) is 6.42 Å². The van der Waals surface area contributed by atoms with Gasteiger partial charge in [0.15, 0.2) is 9.84 Å². The second-order valence-electron chi connectivity index (χ2n) is 6.82. The van der Waals surface area contributed by atoms with E-state index in [1.54, 1.807) is 18.5 Å². The van der Waals surface area contributed by atoms with Crippen molar-refractivity contribution in [2.24, 2.45) is 0 Å². The lowest BCUT2D eigenvalue weighted by atomic mass is 10.1. The maximum atomic E-state index is 13.0. The lowest BCUT2D eigenvalue weighted by molar-refractivity contribution is -0.127. The largest absolute Gasteiger partial charge is 0.321 e. The van der Waals surface area contributed by atoms with Crippen molar-refractivity contribution in [3.63, 3.8) is 0 Å². The van der Waals surface area contributed by atoms with E-state index < -0.39 is 27.6 Å². The van der Waals surface area contributed by atoms with Gasteiger partial charge in [0.2, 0.25) is 0 Å². The molecule has 1 atom stereocenters. The second-order valence-corrected chi connectivity index (χ2v) is 9.05. The number of carbonyl (C=O) groups excluding carboxylic acids is 2. The van der Waals surface area contributed by atoms with Crippen molar-refractivity contribution in [3.05, 3.63) is 47.3 Å². The number of para-hydroxylation sites is 1. The maximum absolute atomic E-state index is 13.0. The van der Waals surface area contributed by atoms with Gasteiger partial charge in [0.05, 0.1) is 40.7 Å². The Bertz CT molecular complexity index is 1060. The number of carbonyl (C=O) groups is 2. The van der Waals surface area contributed by atoms with E-state index in [4.69, 9.17) is 6.42 Å². The van der Waals surface area contributed by atoms with Gasteiger partial charge in [-0.1, -0.05) is 24.1 Å². The van der Waals surface area contributed by atoms with Crippen LogP contribution in [0.2, 0.25) is 0 Å². The molecule has 0 unspecified atom stereocenters. The van der Waals surface area contributed by atoms with Crippen LogP contribution in [0.25, 0.3) is 5.69 Å². The Kier molecular flexibility index (Phi) is 5.38. The summed E-state index contributed by atoms with van der Waals surface area (Å²) in [5.74, 6) is 0.657. The first-order valence-corrected chi connectivity index (χ1v) is 10.7. The fourth-order valence-electron chi connectivity index (χ4n) is 3.52. The highest BCUT2D eigenvalue weighted by atomic mass is 32.2. The molecule has 1 amide bonds. The predicted octanol–water partition coefficient (Wildman–Crippen LogP) is 1.32. The molecule has 146 valence electrons. The van der Waals surface area contributed by atoms with Crippen molar-refractivity contribution in [2.45, 2.75) is 26.3 Å². The summed E-state index contributed by atoms with van der Waals surface area (Å²) in [5, 5.41) is 4.40. The van der Waals surface area contributed by atoms with E-state index in [2.05, 4.69) is 11.0 Å². The number of nitrogens with zero attached hydrogens (tertiary/aromatic N) is 3. The third kappa shape index (κ3) is 3.71. The molecule has 1 aromatic carbocycles. The van der Waals surface area contributed by atoms with Gasteiger partial charge in [0.1, 0.15) is 0 Å². The number of terminal acetylenes is 1. The van der Waals surface area contributed by atoms with Gasteiger partial charge >= 0.3 is 0 Å². The number of ketones is 1. The number of sulfone groups is 1. The van der Waals surface area contributed by atoms with E-state index in [0.717, 1.165) is 5.69 Å². The monoisotopic (exact) mass is 399 g/mol. The molecule has 3 rings (SSSR count). The topological polar surface area (TPSA) is 89.3 Å². The smallest absolute Gasteiger partial charge is 0.296 e. The predicted molar refractivity (Wildman–Crippen MR) is 105 cm³/mol. The van der Waals surface area contributed by atoms with E-state index in [9.17, 15) is 18.0 Å². The molecule has 8 heteroatoms. The lowest BCUT2D eigenvalue weighted by Gasteiger charge is -2.25. The minimum Gasteiger partial charge on any atom is -0.321 e. The third-order valence-corrected chi connectivity index (χ3v) is 6.64. The normalized spacial score (nSPS) is 17.8. The Morgan fingerprint density at radius 2 is 1.96 bits per heavy atom. The Morgan fingerprint density at radius 3 is 2.54 bits per heavy atom. The molecule has 1 aliphatic heterocycles. The maximum Gasteiger partial charge on any atom is 0.296 e. The fraction of sp³-hybridized carbons (Fsp3) is 0.350. The van der Waals surface area contributed by atoms with E-state index in [0.29, 0.717) is 11.4 Å². The van der Waals surface area contributed by atoms with E-state index >= 15 is 0 Å². The minimum absolute atomic E-state index is 0.00972. The summed E-state index contributed by atoms with van der Waals surface area (Å²) in [6.07, 6.45) is 5.64. The number of aromatic nitrogens is 2. The zero-order valence-electron chi connectivity index (χ0n) is 15.8. The molecule has 7 nitrogen and oxygen atoms in total. The highest BCUT2D eigenvalue weighted by Crippen LogP contribution is 2.22. The van der Waals surface area contributed by atoms with Crippen molar-refractivity contribution in [1.29, 1.82) is 0 Å². The van der Waals surface area contributed by atoms with Gasteiger partial charge in [-0.2, -0.15) is 5.10 Å². The molecule has 1 aliphatic rings.